The van der Waals surface area contributed by atoms with E-state index in [4.69, 9.17) is 0 Å². The van der Waals surface area contributed by atoms with Crippen molar-refractivity contribution in [3.63, 3.8) is 0 Å². The zero-order chi connectivity index (χ0) is 13.9. The standard InChI is InChI=1S/C15H28N2O2/c1-12(2)13-6-3-4-7-15(13,14(18)19)17-10-5-8-16-9-11-17/h12-13,16H,3-11H2,1-2H3,(H,18,19). The highest BCUT2D eigenvalue weighted by atomic mass is 16.4. The third kappa shape index (κ3) is 2.79. The van der Waals surface area contributed by atoms with Gasteiger partial charge >= 0.3 is 5.97 Å². The van der Waals surface area contributed by atoms with Crippen LogP contribution in [0, 0.1) is 11.8 Å². The summed E-state index contributed by atoms with van der Waals surface area (Å²) in [5.41, 5.74) is -0.613. The van der Waals surface area contributed by atoms with Crippen LogP contribution in [0.25, 0.3) is 0 Å². The van der Waals surface area contributed by atoms with Crippen molar-refractivity contribution in [3.05, 3.63) is 0 Å². The van der Waals surface area contributed by atoms with Gasteiger partial charge in [-0.3, -0.25) is 9.69 Å². The molecule has 1 aliphatic heterocycles. The molecule has 0 bridgehead atoms. The smallest absolute Gasteiger partial charge is 0.324 e. The van der Waals surface area contributed by atoms with E-state index in [2.05, 4.69) is 24.1 Å². The van der Waals surface area contributed by atoms with Gasteiger partial charge in [0, 0.05) is 19.6 Å². The summed E-state index contributed by atoms with van der Waals surface area (Å²) in [4.78, 5) is 14.4. The minimum absolute atomic E-state index is 0.289. The summed E-state index contributed by atoms with van der Waals surface area (Å²) < 4.78 is 0. The Balaban J connectivity index is 2.30. The zero-order valence-electron chi connectivity index (χ0n) is 12.3. The molecule has 1 aliphatic carbocycles. The van der Waals surface area contributed by atoms with E-state index in [0.29, 0.717) is 5.92 Å². The predicted octanol–water partition coefficient (Wildman–Crippen LogP) is 1.95. The second kappa shape index (κ2) is 6.23. The summed E-state index contributed by atoms with van der Waals surface area (Å²) in [6, 6.07) is 0. The topological polar surface area (TPSA) is 52.6 Å². The Bertz CT molecular complexity index is 311. The summed E-state index contributed by atoms with van der Waals surface area (Å²) in [5, 5.41) is 13.4. The summed E-state index contributed by atoms with van der Waals surface area (Å²) in [7, 11) is 0. The Hall–Kier alpha value is -0.610. The first kappa shape index (κ1) is 14.8. The van der Waals surface area contributed by atoms with Gasteiger partial charge in [-0.15, -0.1) is 0 Å². The van der Waals surface area contributed by atoms with Crippen molar-refractivity contribution in [2.24, 2.45) is 11.8 Å². The Morgan fingerprint density at radius 1 is 1.26 bits per heavy atom. The molecule has 2 unspecified atom stereocenters. The fourth-order valence-electron chi connectivity index (χ4n) is 4.11. The molecule has 110 valence electrons. The van der Waals surface area contributed by atoms with Gasteiger partial charge in [0.2, 0.25) is 0 Å². The first-order chi connectivity index (χ1) is 9.09. The van der Waals surface area contributed by atoms with Crippen molar-refractivity contribution in [1.29, 1.82) is 0 Å². The number of carboxylic acids is 1. The maximum atomic E-state index is 12.1. The van der Waals surface area contributed by atoms with Crippen LogP contribution in [0.4, 0.5) is 0 Å². The molecule has 1 saturated heterocycles. The van der Waals surface area contributed by atoms with Crippen LogP contribution in [0.1, 0.15) is 46.0 Å². The molecule has 2 aliphatic rings. The minimum atomic E-state index is -0.613. The van der Waals surface area contributed by atoms with E-state index < -0.39 is 11.5 Å². The largest absolute Gasteiger partial charge is 0.480 e. The fourth-order valence-corrected chi connectivity index (χ4v) is 4.11. The highest BCUT2D eigenvalue weighted by molar-refractivity contribution is 5.79. The van der Waals surface area contributed by atoms with E-state index in [1.165, 1.54) is 6.42 Å². The number of nitrogens with one attached hydrogen (secondary N) is 1. The maximum absolute atomic E-state index is 12.1. The van der Waals surface area contributed by atoms with Crippen molar-refractivity contribution < 1.29 is 9.90 Å². The van der Waals surface area contributed by atoms with Gasteiger partial charge in [-0.05, 0) is 37.6 Å². The van der Waals surface area contributed by atoms with E-state index >= 15 is 0 Å². The molecule has 0 aromatic heterocycles. The molecule has 19 heavy (non-hydrogen) atoms. The third-order valence-corrected chi connectivity index (χ3v) is 5.02. The fraction of sp³-hybridized carbons (Fsp3) is 0.933. The maximum Gasteiger partial charge on any atom is 0.324 e. The highest BCUT2D eigenvalue weighted by Crippen LogP contribution is 2.43. The van der Waals surface area contributed by atoms with Crippen molar-refractivity contribution in [2.45, 2.75) is 51.5 Å². The average molecular weight is 268 g/mol. The summed E-state index contributed by atoms with van der Waals surface area (Å²) in [6.45, 7) is 8.09. The van der Waals surface area contributed by atoms with Crippen LogP contribution in [0.5, 0.6) is 0 Å². The Morgan fingerprint density at radius 2 is 2.05 bits per heavy atom. The Kier molecular flexibility index (Phi) is 4.85. The molecule has 4 heteroatoms. The predicted molar refractivity (Wildman–Crippen MR) is 76.2 cm³/mol. The lowest BCUT2D eigenvalue weighted by molar-refractivity contribution is -0.161. The molecular formula is C15H28N2O2. The van der Waals surface area contributed by atoms with Gasteiger partial charge in [0.25, 0.3) is 0 Å². The van der Waals surface area contributed by atoms with Crippen LogP contribution < -0.4 is 5.32 Å². The quantitative estimate of drug-likeness (QED) is 0.821. The second-order valence-electron chi connectivity index (χ2n) is 6.42. The average Bonchev–Trinajstić information content (AvgIpc) is 2.67. The molecule has 4 nitrogen and oxygen atoms in total. The van der Waals surface area contributed by atoms with E-state index in [9.17, 15) is 9.90 Å². The van der Waals surface area contributed by atoms with Crippen LogP contribution >= 0.6 is 0 Å². The molecule has 2 atom stereocenters. The van der Waals surface area contributed by atoms with E-state index in [1.54, 1.807) is 0 Å². The molecule has 0 radical (unpaired) electrons. The van der Waals surface area contributed by atoms with Crippen LogP contribution in [-0.2, 0) is 4.79 Å². The van der Waals surface area contributed by atoms with Gasteiger partial charge in [-0.2, -0.15) is 0 Å². The molecule has 2 rings (SSSR count). The molecule has 0 aromatic rings. The van der Waals surface area contributed by atoms with E-state index in [0.717, 1.165) is 51.9 Å². The van der Waals surface area contributed by atoms with Crippen molar-refractivity contribution in [3.8, 4) is 0 Å². The molecule has 1 heterocycles. The van der Waals surface area contributed by atoms with Gasteiger partial charge in [0.15, 0.2) is 0 Å². The number of carboxylic acid groups (broad SMARTS) is 1. The molecular weight excluding hydrogens is 240 g/mol. The van der Waals surface area contributed by atoms with Gasteiger partial charge in [-0.1, -0.05) is 26.7 Å². The monoisotopic (exact) mass is 268 g/mol. The van der Waals surface area contributed by atoms with Gasteiger partial charge < -0.3 is 10.4 Å². The van der Waals surface area contributed by atoms with Crippen LogP contribution in [0.3, 0.4) is 0 Å². The SMILES string of the molecule is CC(C)C1CCCCC1(C(=O)O)N1CCCNCC1. The first-order valence-electron chi connectivity index (χ1n) is 7.78. The lowest BCUT2D eigenvalue weighted by atomic mass is 9.66. The number of hydrogen-bond donors (Lipinski definition) is 2. The van der Waals surface area contributed by atoms with Crippen molar-refractivity contribution >= 4 is 5.97 Å². The molecule has 2 N–H and O–H groups in total. The Labute approximate surface area is 116 Å². The summed E-state index contributed by atoms with van der Waals surface area (Å²) in [6.07, 6.45) is 5.18. The normalized spacial score (nSPS) is 34.2. The van der Waals surface area contributed by atoms with Crippen LogP contribution in [0.15, 0.2) is 0 Å². The minimum Gasteiger partial charge on any atom is -0.480 e. The summed E-state index contributed by atoms with van der Waals surface area (Å²) >= 11 is 0. The number of rotatable bonds is 3. The second-order valence-corrected chi connectivity index (χ2v) is 6.42. The van der Waals surface area contributed by atoms with Gasteiger partial charge in [0.1, 0.15) is 5.54 Å². The van der Waals surface area contributed by atoms with E-state index in [-0.39, 0.29) is 5.92 Å². The van der Waals surface area contributed by atoms with Crippen molar-refractivity contribution in [1.82, 2.24) is 10.2 Å². The van der Waals surface area contributed by atoms with Gasteiger partial charge in [0.05, 0.1) is 0 Å². The van der Waals surface area contributed by atoms with E-state index in [1.807, 2.05) is 0 Å². The lowest BCUT2D eigenvalue weighted by Crippen LogP contribution is -2.62. The van der Waals surface area contributed by atoms with Crippen molar-refractivity contribution in [2.75, 3.05) is 26.2 Å². The number of carbonyl (C=O) groups is 1. The summed E-state index contributed by atoms with van der Waals surface area (Å²) in [5.74, 6) is 0.136. The highest BCUT2D eigenvalue weighted by Gasteiger charge is 2.52. The Morgan fingerprint density at radius 3 is 2.74 bits per heavy atom. The lowest BCUT2D eigenvalue weighted by Gasteiger charge is -2.49. The number of aliphatic carboxylic acids is 1. The molecule has 2 fully saturated rings. The number of hydrogen-bond acceptors (Lipinski definition) is 3. The zero-order valence-corrected chi connectivity index (χ0v) is 12.3. The number of nitrogens with zero attached hydrogens (tertiary/aromatic N) is 1. The molecule has 0 aromatic carbocycles. The van der Waals surface area contributed by atoms with Gasteiger partial charge in [-0.25, -0.2) is 0 Å². The van der Waals surface area contributed by atoms with Crippen LogP contribution in [-0.4, -0.2) is 47.7 Å². The molecule has 1 saturated carbocycles. The third-order valence-electron chi connectivity index (χ3n) is 5.02. The van der Waals surface area contributed by atoms with Crippen LogP contribution in [0.2, 0.25) is 0 Å². The molecule has 0 spiro atoms. The molecule has 0 amide bonds. The first-order valence-corrected chi connectivity index (χ1v) is 7.78.